The van der Waals surface area contributed by atoms with Crippen molar-refractivity contribution in [2.75, 3.05) is 7.11 Å². The van der Waals surface area contributed by atoms with Gasteiger partial charge in [0.05, 0.1) is 7.11 Å². The third-order valence-electron chi connectivity index (χ3n) is 1.29. The minimum absolute atomic E-state index is 0.771. The summed E-state index contributed by atoms with van der Waals surface area (Å²) in [6, 6.07) is 0. The molecule has 0 unspecified atom stereocenters. The molecule has 10 heavy (non-hydrogen) atoms. The second-order valence-corrected chi connectivity index (χ2v) is 2.12. The van der Waals surface area contributed by atoms with Crippen LogP contribution in [0.15, 0.2) is 41.4 Å². The van der Waals surface area contributed by atoms with Crippen LogP contribution in [-0.2, 0) is 4.74 Å². The Hall–Kier alpha value is -1.20. The molecule has 0 atom stereocenters. The molecule has 0 saturated carbocycles. The van der Waals surface area contributed by atoms with Crippen molar-refractivity contribution < 1.29 is 4.74 Å². The van der Waals surface area contributed by atoms with E-state index in [-0.39, 0.29) is 0 Å². The molecular formula is C9H10O. The number of ether oxygens (including phenoxy) is 1. The average Bonchev–Trinajstić information content (AvgIpc) is 2.14. The van der Waals surface area contributed by atoms with E-state index in [0.717, 1.165) is 5.76 Å². The summed E-state index contributed by atoms with van der Waals surface area (Å²) in [5, 5.41) is 0. The van der Waals surface area contributed by atoms with Gasteiger partial charge in [0.15, 0.2) is 5.76 Å². The first-order valence-electron chi connectivity index (χ1n) is 3.18. The van der Waals surface area contributed by atoms with Crippen LogP contribution in [0.3, 0.4) is 0 Å². The topological polar surface area (TPSA) is 9.23 Å². The lowest BCUT2D eigenvalue weighted by Gasteiger charge is -1.92. The highest BCUT2D eigenvalue weighted by atomic mass is 16.5. The van der Waals surface area contributed by atoms with E-state index < -0.39 is 0 Å². The maximum atomic E-state index is 4.97. The molecule has 1 aliphatic carbocycles. The maximum absolute atomic E-state index is 4.97. The normalized spacial score (nSPS) is 15.8. The number of allylic oxidation sites excluding steroid dienone is 4. The maximum Gasteiger partial charge on any atom is 0.161 e. The summed E-state index contributed by atoms with van der Waals surface area (Å²) >= 11 is 0. The van der Waals surface area contributed by atoms with Crippen molar-refractivity contribution in [2.24, 2.45) is 0 Å². The molecule has 0 aromatic rings. The van der Waals surface area contributed by atoms with Gasteiger partial charge in [-0.15, -0.1) is 0 Å². The van der Waals surface area contributed by atoms with Crippen molar-refractivity contribution in [2.45, 2.75) is 6.92 Å². The SMILES string of the molecule is COC1=C=CC=C(C)C=C1. The predicted octanol–water partition coefficient (Wildman–Crippen LogP) is 2.19. The average molecular weight is 134 g/mol. The second-order valence-electron chi connectivity index (χ2n) is 2.12. The molecular weight excluding hydrogens is 124 g/mol. The van der Waals surface area contributed by atoms with Crippen LogP contribution in [0.2, 0.25) is 0 Å². The predicted molar refractivity (Wildman–Crippen MR) is 41.5 cm³/mol. The Kier molecular flexibility index (Phi) is 2.14. The summed E-state index contributed by atoms with van der Waals surface area (Å²) in [4.78, 5) is 0. The van der Waals surface area contributed by atoms with E-state index >= 15 is 0 Å². The molecule has 1 heteroatoms. The van der Waals surface area contributed by atoms with Crippen LogP contribution in [0.5, 0.6) is 0 Å². The highest BCUT2D eigenvalue weighted by Gasteiger charge is 1.88. The highest BCUT2D eigenvalue weighted by molar-refractivity contribution is 5.30. The van der Waals surface area contributed by atoms with Crippen molar-refractivity contribution in [1.29, 1.82) is 0 Å². The number of hydrogen-bond donors (Lipinski definition) is 0. The van der Waals surface area contributed by atoms with Crippen LogP contribution in [0.1, 0.15) is 6.92 Å². The van der Waals surface area contributed by atoms with E-state index in [1.165, 1.54) is 5.57 Å². The van der Waals surface area contributed by atoms with E-state index in [4.69, 9.17) is 4.74 Å². The van der Waals surface area contributed by atoms with Gasteiger partial charge in [-0.2, -0.15) is 0 Å². The molecule has 52 valence electrons. The molecule has 1 nitrogen and oxygen atoms in total. The summed E-state index contributed by atoms with van der Waals surface area (Å²) in [6.07, 6.45) is 7.74. The summed E-state index contributed by atoms with van der Waals surface area (Å²) in [7, 11) is 1.64. The smallest absolute Gasteiger partial charge is 0.161 e. The first-order chi connectivity index (χ1) is 4.83. The van der Waals surface area contributed by atoms with Gasteiger partial charge in [-0.1, -0.05) is 23.5 Å². The van der Waals surface area contributed by atoms with Crippen LogP contribution < -0.4 is 0 Å². The molecule has 1 aliphatic rings. The van der Waals surface area contributed by atoms with Crippen molar-refractivity contribution in [3.63, 3.8) is 0 Å². The van der Waals surface area contributed by atoms with Gasteiger partial charge in [0, 0.05) is 0 Å². The minimum Gasteiger partial charge on any atom is -0.489 e. The molecule has 0 bridgehead atoms. The largest absolute Gasteiger partial charge is 0.489 e. The standard InChI is InChI=1S/C9H10O/c1-8-4-3-5-9(10-2)7-6-8/h3-4,6-7H,1-2H3. The zero-order valence-electron chi connectivity index (χ0n) is 6.22. The van der Waals surface area contributed by atoms with E-state index in [2.05, 4.69) is 5.73 Å². The Balaban J connectivity index is 2.87. The lowest BCUT2D eigenvalue weighted by atomic mass is 10.3. The lowest BCUT2D eigenvalue weighted by molar-refractivity contribution is 0.308. The summed E-state index contributed by atoms with van der Waals surface area (Å²) in [5.41, 5.74) is 4.18. The monoisotopic (exact) mass is 134 g/mol. The van der Waals surface area contributed by atoms with Crippen molar-refractivity contribution >= 4 is 0 Å². The van der Waals surface area contributed by atoms with Crippen LogP contribution in [0.25, 0.3) is 0 Å². The van der Waals surface area contributed by atoms with Gasteiger partial charge < -0.3 is 4.74 Å². The molecule has 0 heterocycles. The zero-order valence-corrected chi connectivity index (χ0v) is 6.22. The van der Waals surface area contributed by atoms with Gasteiger partial charge in [-0.3, -0.25) is 0 Å². The Bertz CT molecular complexity index is 237. The van der Waals surface area contributed by atoms with Crippen LogP contribution in [0, 0.1) is 0 Å². The molecule has 0 spiro atoms. The van der Waals surface area contributed by atoms with Crippen LogP contribution >= 0.6 is 0 Å². The summed E-state index contributed by atoms with van der Waals surface area (Å²) < 4.78 is 4.97. The van der Waals surface area contributed by atoms with Gasteiger partial charge in [0.1, 0.15) is 0 Å². The highest BCUT2D eigenvalue weighted by Crippen LogP contribution is 2.04. The third-order valence-corrected chi connectivity index (χ3v) is 1.29. The lowest BCUT2D eigenvalue weighted by Crippen LogP contribution is -1.76. The Morgan fingerprint density at radius 2 is 2.20 bits per heavy atom. The van der Waals surface area contributed by atoms with E-state index in [1.807, 2.05) is 31.2 Å². The number of rotatable bonds is 1. The van der Waals surface area contributed by atoms with E-state index in [0.29, 0.717) is 0 Å². The summed E-state index contributed by atoms with van der Waals surface area (Å²) in [6.45, 7) is 2.04. The number of hydrogen-bond acceptors (Lipinski definition) is 1. The minimum atomic E-state index is 0.771. The molecule has 0 amide bonds. The molecule has 1 rings (SSSR count). The molecule has 0 N–H and O–H groups in total. The fourth-order valence-electron chi connectivity index (χ4n) is 0.693. The zero-order chi connectivity index (χ0) is 7.40. The number of methoxy groups -OCH3 is 1. The van der Waals surface area contributed by atoms with Crippen molar-refractivity contribution in [3.8, 4) is 0 Å². The van der Waals surface area contributed by atoms with Gasteiger partial charge in [-0.25, -0.2) is 0 Å². The van der Waals surface area contributed by atoms with Gasteiger partial charge in [0.2, 0.25) is 0 Å². The molecule has 0 aromatic carbocycles. The first-order valence-corrected chi connectivity index (χ1v) is 3.18. The Morgan fingerprint density at radius 1 is 1.40 bits per heavy atom. The third kappa shape index (κ3) is 1.64. The van der Waals surface area contributed by atoms with E-state index in [9.17, 15) is 0 Å². The van der Waals surface area contributed by atoms with E-state index in [1.54, 1.807) is 7.11 Å². The molecule has 0 fully saturated rings. The molecule has 0 aliphatic heterocycles. The summed E-state index contributed by atoms with van der Waals surface area (Å²) in [5.74, 6) is 0.771. The Morgan fingerprint density at radius 3 is 2.90 bits per heavy atom. The van der Waals surface area contributed by atoms with Crippen LogP contribution in [-0.4, -0.2) is 7.11 Å². The van der Waals surface area contributed by atoms with Crippen LogP contribution in [0.4, 0.5) is 0 Å². The molecule has 0 aromatic heterocycles. The molecule has 0 radical (unpaired) electrons. The quantitative estimate of drug-likeness (QED) is 0.499. The van der Waals surface area contributed by atoms with Gasteiger partial charge in [-0.05, 0) is 19.1 Å². The van der Waals surface area contributed by atoms with Crippen molar-refractivity contribution in [1.82, 2.24) is 0 Å². The molecule has 0 saturated heterocycles. The van der Waals surface area contributed by atoms with Crippen molar-refractivity contribution in [3.05, 3.63) is 41.4 Å². The van der Waals surface area contributed by atoms with Gasteiger partial charge >= 0.3 is 0 Å². The second kappa shape index (κ2) is 3.09. The van der Waals surface area contributed by atoms with Gasteiger partial charge in [0.25, 0.3) is 0 Å². The Labute approximate surface area is 61.0 Å². The fourth-order valence-corrected chi connectivity index (χ4v) is 0.693. The fraction of sp³-hybridized carbons (Fsp3) is 0.222. The first kappa shape index (κ1) is 6.91.